The summed E-state index contributed by atoms with van der Waals surface area (Å²) >= 11 is 0. The van der Waals surface area contributed by atoms with Crippen LogP contribution in [-0.4, -0.2) is 36.9 Å². The van der Waals surface area contributed by atoms with Crippen molar-refractivity contribution in [3.8, 4) is 0 Å². The Kier molecular flexibility index (Phi) is 4.85. The van der Waals surface area contributed by atoms with Gasteiger partial charge in [0, 0.05) is 19.8 Å². The van der Waals surface area contributed by atoms with Gasteiger partial charge >= 0.3 is 0 Å². The van der Waals surface area contributed by atoms with Crippen molar-refractivity contribution in [2.45, 2.75) is 19.4 Å². The third-order valence-corrected chi connectivity index (χ3v) is 2.49. The lowest BCUT2D eigenvalue weighted by atomic mass is 10.1. The van der Waals surface area contributed by atoms with Gasteiger partial charge in [-0.25, -0.2) is 0 Å². The highest BCUT2D eigenvalue weighted by Gasteiger charge is 2.08. The number of hydrogen-bond donors (Lipinski definition) is 2. The van der Waals surface area contributed by atoms with Crippen LogP contribution in [0.1, 0.15) is 12.5 Å². The van der Waals surface area contributed by atoms with E-state index in [1.54, 1.807) is 38.1 Å². The van der Waals surface area contributed by atoms with Crippen molar-refractivity contribution in [1.29, 1.82) is 0 Å². The molecule has 18 heavy (non-hydrogen) atoms. The average Bonchev–Trinajstić information content (AvgIpc) is 2.31. The summed E-state index contributed by atoms with van der Waals surface area (Å²) in [4.78, 5) is 24.4. The molecule has 0 aliphatic rings. The molecule has 3 N–H and O–H groups in total. The minimum atomic E-state index is -0.542. The van der Waals surface area contributed by atoms with Gasteiger partial charge in [-0.3, -0.25) is 9.59 Å². The molecule has 0 aromatic heterocycles. The fourth-order valence-corrected chi connectivity index (χ4v) is 1.29. The molecule has 1 aromatic carbocycles. The molecular formula is C13H19N3O2. The van der Waals surface area contributed by atoms with Gasteiger partial charge in [0.2, 0.25) is 11.8 Å². The van der Waals surface area contributed by atoms with Gasteiger partial charge in [0.1, 0.15) is 0 Å². The van der Waals surface area contributed by atoms with Crippen molar-refractivity contribution in [2.24, 2.45) is 5.73 Å². The van der Waals surface area contributed by atoms with E-state index < -0.39 is 6.04 Å². The minimum Gasteiger partial charge on any atom is -0.349 e. The van der Waals surface area contributed by atoms with E-state index in [2.05, 4.69) is 5.32 Å². The Bertz CT molecular complexity index is 383. The molecule has 0 heterocycles. The monoisotopic (exact) mass is 249 g/mol. The van der Waals surface area contributed by atoms with E-state index in [-0.39, 0.29) is 11.8 Å². The molecule has 0 saturated carbocycles. The van der Waals surface area contributed by atoms with Gasteiger partial charge in [-0.05, 0) is 24.6 Å². The Morgan fingerprint density at radius 3 is 2.28 bits per heavy atom. The third-order valence-electron chi connectivity index (χ3n) is 2.49. The molecule has 0 aliphatic heterocycles. The van der Waals surface area contributed by atoms with Gasteiger partial charge in [-0.2, -0.15) is 0 Å². The first kappa shape index (κ1) is 14.2. The maximum atomic E-state index is 11.5. The number of anilines is 1. The largest absolute Gasteiger partial charge is 0.349 e. The predicted octanol–water partition coefficient (Wildman–Crippen LogP) is 0.603. The molecule has 0 aliphatic carbocycles. The first-order valence-corrected chi connectivity index (χ1v) is 5.75. The van der Waals surface area contributed by atoms with Gasteiger partial charge in [0.05, 0.1) is 12.5 Å². The van der Waals surface area contributed by atoms with Crippen LogP contribution in [0, 0.1) is 0 Å². The number of hydrogen-bond acceptors (Lipinski definition) is 3. The second-order valence-corrected chi connectivity index (χ2v) is 4.44. The van der Waals surface area contributed by atoms with E-state index >= 15 is 0 Å². The molecule has 1 aromatic rings. The molecule has 0 bridgehead atoms. The molecule has 5 heteroatoms. The minimum absolute atomic E-state index is 0.0439. The molecule has 0 saturated heterocycles. The van der Waals surface area contributed by atoms with E-state index in [9.17, 15) is 9.59 Å². The van der Waals surface area contributed by atoms with E-state index in [1.807, 2.05) is 12.1 Å². The maximum Gasteiger partial charge on any atom is 0.240 e. The Morgan fingerprint density at radius 2 is 1.83 bits per heavy atom. The fraction of sp³-hybridized carbons (Fsp3) is 0.385. The number of amides is 2. The van der Waals surface area contributed by atoms with Gasteiger partial charge in [-0.15, -0.1) is 0 Å². The quantitative estimate of drug-likeness (QED) is 0.820. The summed E-state index contributed by atoms with van der Waals surface area (Å²) in [6.07, 6.45) is 0.356. The van der Waals surface area contributed by atoms with E-state index in [1.165, 1.54) is 0 Å². The zero-order valence-electron chi connectivity index (χ0n) is 10.9. The average molecular weight is 249 g/mol. The van der Waals surface area contributed by atoms with Crippen LogP contribution in [0.15, 0.2) is 24.3 Å². The highest BCUT2D eigenvalue weighted by Crippen LogP contribution is 2.10. The Hall–Kier alpha value is -1.88. The van der Waals surface area contributed by atoms with Crippen molar-refractivity contribution in [2.75, 3.05) is 19.4 Å². The first-order chi connectivity index (χ1) is 8.40. The normalized spacial score (nSPS) is 11.8. The van der Waals surface area contributed by atoms with Crippen LogP contribution in [0.4, 0.5) is 5.69 Å². The number of rotatable bonds is 4. The number of benzene rings is 1. The standard InChI is InChI=1S/C13H19N3O2/c1-9(14)13(18)15-11-6-4-10(5-7-11)8-12(17)16(2)3/h4-7,9H,8,14H2,1-3H3,(H,15,18)/t9-/m0/s1. The van der Waals surface area contributed by atoms with Crippen LogP contribution >= 0.6 is 0 Å². The van der Waals surface area contributed by atoms with Gasteiger partial charge < -0.3 is 16.0 Å². The SMILES string of the molecule is C[C@H](N)C(=O)Nc1ccc(CC(=O)N(C)C)cc1. The van der Waals surface area contributed by atoms with Gasteiger partial charge in [-0.1, -0.05) is 12.1 Å². The van der Waals surface area contributed by atoms with Crippen molar-refractivity contribution in [3.05, 3.63) is 29.8 Å². The summed E-state index contributed by atoms with van der Waals surface area (Å²) in [5.41, 5.74) is 7.04. The summed E-state index contributed by atoms with van der Waals surface area (Å²) in [5, 5.41) is 2.69. The second kappa shape index (κ2) is 6.16. The fourth-order valence-electron chi connectivity index (χ4n) is 1.29. The number of carbonyl (C=O) groups is 2. The lowest BCUT2D eigenvalue weighted by Crippen LogP contribution is -2.32. The number of likely N-dealkylation sites (N-methyl/N-ethyl adjacent to an activating group) is 1. The summed E-state index contributed by atoms with van der Waals surface area (Å²) < 4.78 is 0. The van der Waals surface area contributed by atoms with Gasteiger partial charge in [0.25, 0.3) is 0 Å². The zero-order valence-corrected chi connectivity index (χ0v) is 10.9. The highest BCUT2D eigenvalue weighted by molar-refractivity contribution is 5.94. The van der Waals surface area contributed by atoms with E-state index in [4.69, 9.17) is 5.73 Å². The molecule has 0 spiro atoms. The van der Waals surface area contributed by atoms with Crippen LogP contribution in [0.25, 0.3) is 0 Å². The summed E-state index contributed by atoms with van der Waals surface area (Å²) in [6.45, 7) is 1.62. The van der Waals surface area contributed by atoms with Crippen molar-refractivity contribution in [3.63, 3.8) is 0 Å². The van der Waals surface area contributed by atoms with Crippen LogP contribution in [0.3, 0.4) is 0 Å². The summed E-state index contributed by atoms with van der Waals surface area (Å²) in [5.74, 6) is -0.186. The summed E-state index contributed by atoms with van der Waals surface area (Å²) in [7, 11) is 3.44. The molecule has 0 radical (unpaired) electrons. The second-order valence-electron chi connectivity index (χ2n) is 4.44. The molecule has 1 atom stereocenters. The maximum absolute atomic E-state index is 11.5. The van der Waals surface area contributed by atoms with Crippen LogP contribution in [0.2, 0.25) is 0 Å². The zero-order chi connectivity index (χ0) is 13.7. The summed E-state index contributed by atoms with van der Waals surface area (Å²) in [6, 6.07) is 6.62. The van der Waals surface area contributed by atoms with Gasteiger partial charge in [0.15, 0.2) is 0 Å². The van der Waals surface area contributed by atoms with Crippen LogP contribution < -0.4 is 11.1 Å². The highest BCUT2D eigenvalue weighted by atomic mass is 16.2. The van der Waals surface area contributed by atoms with E-state index in [0.29, 0.717) is 12.1 Å². The Labute approximate surface area is 107 Å². The van der Waals surface area contributed by atoms with Crippen LogP contribution in [-0.2, 0) is 16.0 Å². The smallest absolute Gasteiger partial charge is 0.240 e. The lowest BCUT2D eigenvalue weighted by Gasteiger charge is -2.11. The molecule has 0 fully saturated rings. The lowest BCUT2D eigenvalue weighted by molar-refractivity contribution is -0.128. The number of carbonyl (C=O) groups excluding carboxylic acids is 2. The van der Waals surface area contributed by atoms with Crippen LogP contribution in [0.5, 0.6) is 0 Å². The predicted molar refractivity (Wildman–Crippen MR) is 71.1 cm³/mol. The molecule has 0 unspecified atom stereocenters. The Morgan fingerprint density at radius 1 is 1.28 bits per heavy atom. The molecule has 2 amide bonds. The molecule has 1 rings (SSSR count). The first-order valence-electron chi connectivity index (χ1n) is 5.75. The van der Waals surface area contributed by atoms with Crippen molar-refractivity contribution in [1.82, 2.24) is 4.90 Å². The van der Waals surface area contributed by atoms with Crippen molar-refractivity contribution >= 4 is 17.5 Å². The molecular weight excluding hydrogens is 230 g/mol. The topological polar surface area (TPSA) is 75.4 Å². The molecule has 98 valence electrons. The van der Waals surface area contributed by atoms with E-state index in [0.717, 1.165) is 5.56 Å². The Balaban J connectivity index is 2.63. The number of nitrogens with two attached hydrogens (primary N) is 1. The van der Waals surface area contributed by atoms with Crippen molar-refractivity contribution < 1.29 is 9.59 Å². The number of nitrogens with zero attached hydrogens (tertiary/aromatic N) is 1. The molecule has 5 nitrogen and oxygen atoms in total. The number of nitrogens with one attached hydrogen (secondary N) is 1. The third kappa shape index (κ3) is 4.18.